The molecule has 0 aliphatic carbocycles. The highest BCUT2D eigenvalue weighted by atomic mass is 16.5. The Kier molecular flexibility index (Phi) is 8.22. The lowest BCUT2D eigenvalue weighted by Gasteiger charge is -2.31. The Labute approximate surface area is 262 Å². The number of anilines is 2. The minimum Gasteiger partial charge on any atom is -0.457 e. The van der Waals surface area contributed by atoms with Gasteiger partial charge in [-0.3, -0.25) is 0 Å². The molecule has 0 amide bonds. The predicted molar refractivity (Wildman–Crippen MR) is 184 cm³/mol. The molecule has 0 unspecified atom stereocenters. The summed E-state index contributed by atoms with van der Waals surface area (Å²) in [6.07, 6.45) is 0. The normalized spacial score (nSPS) is 11.8. The summed E-state index contributed by atoms with van der Waals surface area (Å²) in [5.41, 5.74) is 22.2. The van der Waals surface area contributed by atoms with Crippen molar-refractivity contribution in [2.24, 2.45) is 0 Å². The van der Waals surface area contributed by atoms with E-state index in [1.54, 1.807) is 0 Å². The SMILES string of the molecule is Cc1cc(C(C)(C)c2ccc(C(C)(C)c3cc(C)c(Oc4ccc(N)cc4)c(C)c3)cc2)cc(C)c1Oc1ccc(N)cc1. The molecule has 0 spiro atoms. The summed E-state index contributed by atoms with van der Waals surface area (Å²) in [4.78, 5) is 0. The van der Waals surface area contributed by atoms with Crippen LogP contribution in [0.4, 0.5) is 11.4 Å². The predicted octanol–water partition coefficient (Wildman–Crippen LogP) is 10.3. The largest absolute Gasteiger partial charge is 0.457 e. The van der Waals surface area contributed by atoms with Crippen molar-refractivity contribution in [2.75, 3.05) is 11.5 Å². The lowest BCUT2D eigenvalue weighted by atomic mass is 9.74. The molecule has 0 atom stereocenters. The van der Waals surface area contributed by atoms with Crippen LogP contribution in [0.25, 0.3) is 0 Å². The Balaban J connectivity index is 1.38. The van der Waals surface area contributed by atoms with Crippen LogP contribution in [-0.2, 0) is 10.8 Å². The Morgan fingerprint density at radius 1 is 0.409 bits per heavy atom. The average molecular weight is 585 g/mol. The first-order chi connectivity index (χ1) is 20.8. The van der Waals surface area contributed by atoms with Crippen LogP contribution < -0.4 is 20.9 Å². The van der Waals surface area contributed by atoms with Gasteiger partial charge in [-0.25, -0.2) is 0 Å². The van der Waals surface area contributed by atoms with E-state index in [1.165, 1.54) is 22.3 Å². The second-order valence-corrected chi connectivity index (χ2v) is 13.0. The highest BCUT2D eigenvalue weighted by Crippen LogP contribution is 2.40. The Morgan fingerprint density at radius 2 is 0.682 bits per heavy atom. The molecule has 0 saturated heterocycles. The highest BCUT2D eigenvalue weighted by molar-refractivity contribution is 5.53. The van der Waals surface area contributed by atoms with Crippen LogP contribution in [0.3, 0.4) is 0 Å². The van der Waals surface area contributed by atoms with Gasteiger partial charge < -0.3 is 20.9 Å². The van der Waals surface area contributed by atoms with Crippen LogP contribution in [0.5, 0.6) is 23.0 Å². The fourth-order valence-corrected chi connectivity index (χ4v) is 5.89. The van der Waals surface area contributed by atoms with Crippen LogP contribution >= 0.6 is 0 Å². The summed E-state index contributed by atoms with van der Waals surface area (Å²) in [6.45, 7) is 17.6. The van der Waals surface area contributed by atoms with Crippen LogP contribution in [0.2, 0.25) is 0 Å². The van der Waals surface area contributed by atoms with Gasteiger partial charge >= 0.3 is 0 Å². The molecule has 5 rings (SSSR count). The molecule has 0 heterocycles. The molecular weight excluding hydrogens is 540 g/mol. The summed E-state index contributed by atoms with van der Waals surface area (Å²) in [5.74, 6) is 3.35. The number of hydrogen-bond acceptors (Lipinski definition) is 4. The highest BCUT2D eigenvalue weighted by Gasteiger charge is 2.28. The summed E-state index contributed by atoms with van der Waals surface area (Å²) in [7, 11) is 0. The maximum atomic E-state index is 6.25. The van der Waals surface area contributed by atoms with Gasteiger partial charge in [0.1, 0.15) is 23.0 Å². The van der Waals surface area contributed by atoms with Crippen LogP contribution in [-0.4, -0.2) is 0 Å². The first kappa shape index (κ1) is 30.7. The molecule has 0 aliphatic rings. The van der Waals surface area contributed by atoms with Gasteiger partial charge in [0.25, 0.3) is 0 Å². The molecule has 0 saturated carbocycles. The number of benzene rings is 5. The van der Waals surface area contributed by atoms with E-state index in [-0.39, 0.29) is 10.8 Å². The van der Waals surface area contributed by atoms with E-state index in [9.17, 15) is 0 Å². The van der Waals surface area contributed by atoms with E-state index in [0.29, 0.717) is 0 Å². The summed E-state index contributed by atoms with van der Waals surface area (Å²) in [6, 6.07) is 33.1. The minimum absolute atomic E-state index is 0.188. The molecule has 0 fully saturated rings. The third-order valence-corrected chi connectivity index (χ3v) is 8.89. The van der Waals surface area contributed by atoms with Gasteiger partial charge in [0.2, 0.25) is 0 Å². The second kappa shape index (κ2) is 11.8. The van der Waals surface area contributed by atoms with Gasteiger partial charge in [-0.2, -0.15) is 0 Å². The van der Waals surface area contributed by atoms with Crippen molar-refractivity contribution < 1.29 is 9.47 Å². The van der Waals surface area contributed by atoms with E-state index >= 15 is 0 Å². The van der Waals surface area contributed by atoms with E-state index in [2.05, 4.69) is 104 Å². The second-order valence-electron chi connectivity index (χ2n) is 13.0. The average Bonchev–Trinajstić information content (AvgIpc) is 2.98. The Hall–Kier alpha value is -4.70. The maximum Gasteiger partial charge on any atom is 0.133 e. The van der Waals surface area contributed by atoms with E-state index in [1.807, 2.05) is 48.5 Å². The van der Waals surface area contributed by atoms with Crippen molar-refractivity contribution in [2.45, 2.75) is 66.2 Å². The van der Waals surface area contributed by atoms with E-state index < -0.39 is 0 Å². The first-order valence-electron chi connectivity index (χ1n) is 15.2. The molecule has 5 aromatic rings. The topological polar surface area (TPSA) is 70.5 Å². The fraction of sp³-hybridized carbons (Fsp3) is 0.250. The number of rotatable bonds is 8. The van der Waals surface area contributed by atoms with Crippen LogP contribution in [0, 0.1) is 27.7 Å². The maximum absolute atomic E-state index is 6.25. The number of aryl methyl sites for hydroxylation is 4. The van der Waals surface area contributed by atoms with Crippen LogP contribution in [0.15, 0.2) is 97.1 Å². The van der Waals surface area contributed by atoms with E-state index in [0.717, 1.165) is 56.6 Å². The molecule has 0 bridgehead atoms. The third-order valence-electron chi connectivity index (χ3n) is 8.89. The zero-order chi connectivity index (χ0) is 31.8. The summed E-state index contributed by atoms with van der Waals surface area (Å²) in [5, 5.41) is 0. The number of nitrogens with two attached hydrogens (primary N) is 2. The monoisotopic (exact) mass is 584 g/mol. The Bertz CT molecular complexity index is 1600. The third kappa shape index (κ3) is 6.16. The number of hydrogen-bond donors (Lipinski definition) is 2. The molecule has 4 nitrogen and oxygen atoms in total. The smallest absolute Gasteiger partial charge is 0.133 e. The van der Waals surface area contributed by atoms with Crippen molar-refractivity contribution >= 4 is 11.4 Å². The quantitative estimate of drug-likeness (QED) is 0.178. The van der Waals surface area contributed by atoms with E-state index in [4.69, 9.17) is 20.9 Å². The van der Waals surface area contributed by atoms with Crippen molar-refractivity contribution in [1.82, 2.24) is 0 Å². The zero-order valence-electron chi connectivity index (χ0n) is 27.2. The molecule has 4 heteroatoms. The molecule has 0 aliphatic heterocycles. The molecule has 44 heavy (non-hydrogen) atoms. The number of ether oxygens (including phenoxy) is 2. The van der Waals surface area contributed by atoms with Crippen molar-refractivity contribution in [3.8, 4) is 23.0 Å². The minimum atomic E-state index is -0.188. The molecule has 5 aromatic carbocycles. The van der Waals surface area contributed by atoms with Crippen molar-refractivity contribution in [1.29, 1.82) is 0 Å². The molecule has 226 valence electrons. The lowest BCUT2D eigenvalue weighted by molar-refractivity contribution is 0.474. The molecule has 0 radical (unpaired) electrons. The molecule has 4 N–H and O–H groups in total. The fourth-order valence-electron chi connectivity index (χ4n) is 5.89. The first-order valence-corrected chi connectivity index (χ1v) is 15.2. The summed E-state index contributed by atoms with van der Waals surface area (Å²) < 4.78 is 12.5. The van der Waals surface area contributed by atoms with Crippen LogP contribution in [0.1, 0.15) is 72.2 Å². The lowest BCUT2D eigenvalue weighted by Crippen LogP contribution is -2.22. The van der Waals surface area contributed by atoms with Gasteiger partial charge in [-0.05, 0) is 121 Å². The van der Waals surface area contributed by atoms with Crippen molar-refractivity contribution in [3.63, 3.8) is 0 Å². The number of nitrogen functional groups attached to an aromatic ring is 2. The van der Waals surface area contributed by atoms with Gasteiger partial charge in [0.15, 0.2) is 0 Å². The van der Waals surface area contributed by atoms with Gasteiger partial charge in [-0.15, -0.1) is 0 Å². The Morgan fingerprint density at radius 3 is 0.955 bits per heavy atom. The molecule has 0 aromatic heterocycles. The van der Waals surface area contributed by atoms with Gasteiger partial charge in [0.05, 0.1) is 0 Å². The standard InChI is InChI=1S/C40H44N2O2/c1-25-21-31(22-26(2)37(25)43-35-17-13-33(41)14-18-35)39(5,6)29-9-11-30(12-10-29)40(7,8)32-23-27(3)38(28(4)24-32)44-36-19-15-34(42)16-20-36/h9-24H,41-42H2,1-8H3. The summed E-state index contributed by atoms with van der Waals surface area (Å²) >= 11 is 0. The molecular formula is C40H44N2O2. The van der Waals surface area contributed by atoms with Gasteiger partial charge in [0, 0.05) is 22.2 Å². The van der Waals surface area contributed by atoms with Crippen molar-refractivity contribution in [3.05, 3.63) is 142 Å². The van der Waals surface area contributed by atoms with Gasteiger partial charge in [-0.1, -0.05) is 76.2 Å². The zero-order valence-corrected chi connectivity index (χ0v) is 27.2.